The first-order valence-electron chi connectivity index (χ1n) is 7.23. The van der Waals surface area contributed by atoms with Crippen molar-refractivity contribution in [2.24, 2.45) is 7.05 Å². The average molecular weight is 307 g/mol. The number of halogens is 1. The van der Waals surface area contributed by atoms with Crippen molar-refractivity contribution in [2.75, 3.05) is 6.61 Å². The maximum Gasteiger partial charge on any atom is 0.126 e. The zero-order valence-electron chi connectivity index (χ0n) is 12.3. The van der Waals surface area contributed by atoms with Crippen molar-refractivity contribution < 1.29 is 9.84 Å². The normalized spacial score (nSPS) is 14.9. The first kappa shape index (κ1) is 14.4. The maximum absolute atomic E-state index is 10.5. The number of rotatable bonds is 4. The monoisotopic (exact) mass is 306 g/mol. The smallest absolute Gasteiger partial charge is 0.126 e. The molecule has 2 aromatic rings. The zero-order chi connectivity index (χ0) is 15.0. The van der Waals surface area contributed by atoms with Crippen LogP contribution in [0, 0.1) is 0 Å². The maximum atomic E-state index is 10.5. The Morgan fingerprint density at radius 3 is 2.95 bits per heavy atom. The standard InChI is InChI=1S/C16H19ClN2O2/c1-3-13-9-14(19(2)18-13)15(20)8-11-7-12(17)6-10-4-5-21-16(10)11/h6-7,9,15,20H,3-5,8H2,1-2H3. The Labute approximate surface area is 129 Å². The van der Waals surface area contributed by atoms with Gasteiger partial charge in [-0.15, -0.1) is 0 Å². The number of aryl methyl sites for hydroxylation is 2. The lowest BCUT2D eigenvalue weighted by Gasteiger charge is -2.14. The van der Waals surface area contributed by atoms with E-state index in [0.29, 0.717) is 18.1 Å². The van der Waals surface area contributed by atoms with E-state index < -0.39 is 6.10 Å². The van der Waals surface area contributed by atoms with Gasteiger partial charge in [-0.2, -0.15) is 5.10 Å². The van der Waals surface area contributed by atoms with E-state index in [9.17, 15) is 5.11 Å². The van der Waals surface area contributed by atoms with Crippen LogP contribution in [0.25, 0.3) is 0 Å². The third kappa shape index (κ3) is 2.78. The van der Waals surface area contributed by atoms with Gasteiger partial charge in [-0.1, -0.05) is 18.5 Å². The molecule has 0 spiro atoms. The summed E-state index contributed by atoms with van der Waals surface area (Å²) in [5.41, 5.74) is 3.89. The summed E-state index contributed by atoms with van der Waals surface area (Å²) in [6, 6.07) is 5.78. The van der Waals surface area contributed by atoms with Crippen LogP contribution in [-0.2, 0) is 26.3 Å². The van der Waals surface area contributed by atoms with Crippen LogP contribution in [0.15, 0.2) is 18.2 Å². The Balaban J connectivity index is 1.88. The molecular formula is C16H19ClN2O2. The molecule has 0 saturated heterocycles. The Kier molecular flexibility index (Phi) is 3.91. The number of hydrogen-bond donors (Lipinski definition) is 1. The van der Waals surface area contributed by atoms with Gasteiger partial charge in [-0.3, -0.25) is 4.68 Å². The molecule has 0 bridgehead atoms. The molecule has 0 aliphatic carbocycles. The van der Waals surface area contributed by atoms with Gasteiger partial charge in [0, 0.05) is 24.9 Å². The highest BCUT2D eigenvalue weighted by atomic mass is 35.5. The lowest BCUT2D eigenvalue weighted by molar-refractivity contribution is 0.167. The summed E-state index contributed by atoms with van der Waals surface area (Å²) in [4.78, 5) is 0. The Morgan fingerprint density at radius 2 is 2.24 bits per heavy atom. The summed E-state index contributed by atoms with van der Waals surface area (Å²) >= 11 is 6.16. The molecule has 1 atom stereocenters. The van der Waals surface area contributed by atoms with E-state index in [1.807, 2.05) is 25.2 Å². The fourth-order valence-electron chi connectivity index (χ4n) is 2.84. The van der Waals surface area contributed by atoms with Gasteiger partial charge in [-0.25, -0.2) is 0 Å². The summed E-state index contributed by atoms with van der Waals surface area (Å²) in [7, 11) is 1.86. The highest BCUT2D eigenvalue weighted by Crippen LogP contribution is 2.35. The number of ether oxygens (including phenoxy) is 1. The van der Waals surface area contributed by atoms with Crippen LogP contribution in [0.4, 0.5) is 0 Å². The van der Waals surface area contributed by atoms with Gasteiger partial charge in [0.1, 0.15) is 5.75 Å². The van der Waals surface area contributed by atoms with E-state index in [1.165, 1.54) is 0 Å². The predicted molar refractivity (Wildman–Crippen MR) is 81.9 cm³/mol. The molecule has 0 radical (unpaired) electrons. The molecule has 1 aromatic carbocycles. The van der Waals surface area contributed by atoms with Gasteiger partial charge in [0.15, 0.2) is 0 Å². The fraction of sp³-hybridized carbons (Fsp3) is 0.438. The molecule has 4 nitrogen and oxygen atoms in total. The lowest BCUT2D eigenvalue weighted by Crippen LogP contribution is -2.08. The highest BCUT2D eigenvalue weighted by molar-refractivity contribution is 6.30. The number of fused-ring (bicyclic) bond motifs is 1. The summed E-state index contributed by atoms with van der Waals surface area (Å²) < 4.78 is 7.43. The van der Waals surface area contributed by atoms with Crippen molar-refractivity contribution in [1.82, 2.24) is 9.78 Å². The minimum Gasteiger partial charge on any atom is -0.493 e. The fourth-order valence-corrected chi connectivity index (χ4v) is 3.10. The third-order valence-corrected chi connectivity index (χ3v) is 4.13. The molecular weight excluding hydrogens is 288 g/mol. The molecule has 112 valence electrons. The number of aliphatic hydroxyl groups is 1. The number of benzene rings is 1. The molecule has 0 amide bonds. The minimum absolute atomic E-state index is 0.478. The quantitative estimate of drug-likeness (QED) is 0.945. The first-order valence-corrected chi connectivity index (χ1v) is 7.61. The van der Waals surface area contributed by atoms with E-state index in [1.54, 1.807) is 4.68 Å². The van der Waals surface area contributed by atoms with Crippen molar-refractivity contribution in [3.63, 3.8) is 0 Å². The summed E-state index contributed by atoms with van der Waals surface area (Å²) in [6.45, 7) is 2.74. The Bertz CT molecular complexity index is 667. The van der Waals surface area contributed by atoms with Gasteiger partial charge in [-0.05, 0) is 35.7 Å². The highest BCUT2D eigenvalue weighted by Gasteiger charge is 2.21. The second kappa shape index (κ2) is 5.70. The van der Waals surface area contributed by atoms with Crippen LogP contribution >= 0.6 is 11.6 Å². The Hall–Kier alpha value is -1.52. The number of aromatic nitrogens is 2. The molecule has 1 aromatic heterocycles. The number of aliphatic hydroxyl groups excluding tert-OH is 1. The van der Waals surface area contributed by atoms with Gasteiger partial charge >= 0.3 is 0 Å². The molecule has 2 heterocycles. The van der Waals surface area contributed by atoms with Crippen LogP contribution < -0.4 is 4.74 Å². The van der Waals surface area contributed by atoms with E-state index in [2.05, 4.69) is 12.0 Å². The number of hydrogen-bond acceptors (Lipinski definition) is 3. The van der Waals surface area contributed by atoms with Crippen LogP contribution in [0.2, 0.25) is 5.02 Å². The van der Waals surface area contributed by atoms with Crippen molar-refractivity contribution in [2.45, 2.75) is 32.3 Å². The van der Waals surface area contributed by atoms with Crippen LogP contribution in [0.3, 0.4) is 0 Å². The molecule has 5 heteroatoms. The molecule has 0 saturated carbocycles. The largest absolute Gasteiger partial charge is 0.493 e. The third-order valence-electron chi connectivity index (χ3n) is 3.91. The van der Waals surface area contributed by atoms with Crippen molar-refractivity contribution >= 4 is 11.6 Å². The topological polar surface area (TPSA) is 47.3 Å². The van der Waals surface area contributed by atoms with Gasteiger partial charge in [0.05, 0.1) is 24.1 Å². The van der Waals surface area contributed by atoms with E-state index in [0.717, 1.165) is 41.1 Å². The van der Waals surface area contributed by atoms with Crippen LogP contribution in [-0.4, -0.2) is 21.5 Å². The molecule has 0 fully saturated rings. The second-order valence-electron chi connectivity index (χ2n) is 5.41. The van der Waals surface area contributed by atoms with Gasteiger partial charge < -0.3 is 9.84 Å². The zero-order valence-corrected chi connectivity index (χ0v) is 13.0. The van der Waals surface area contributed by atoms with Crippen molar-refractivity contribution in [3.8, 4) is 5.75 Å². The summed E-state index contributed by atoms with van der Waals surface area (Å²) in [5.74, 6) is 0.885. The molecule has 1 N–H and O–H groups in total. The van der Waals surface area contributed by atoms with Gasteiger partial charge in [0.2, 0.25) is 0 Å². The molecule has 3 rings (SSSR count). The second-order valence-corrected chi connectivity index (χ2v) is 5.85. The SMILES string of the molecule is CCc1cc(C(O)Cc2cc(Cl)cc3c2OCC3)n(C)n1. The van der Waals surface area contributed by atoms with Gasteiger partial charge in [0.25, 0.3) is 0 Å². The summed E-state index contributed by atoms with van der Waals surface area (Å²) in [6.07, 6.45) is 1.60. The van der Waals surface area contributed by atoms with Crippen molar-refractivity contribution in [3.05, 3.63) is 45.7 Å². The van der Waals surface area contributed by atoms with Crippen molar-refractivity contribution in [1.29, 1.82) is 0 Å². The van der Waals surface area contributed by atoms with E-state index in [-0.39, 0.29) is 0 Å². The van der Waals surface area contributed by atoms with E-state index >= 15 is 0 Å². The molecule has 21 heavy (non-hydrogen) atoms. The van der Waals surface area contributed by atoms with Crippen LogP contribution in [0.1, 0.15) is 35.5 Å². The molecule has 1 unspecified atom stereocenters. The molecule has 1 aliphatic heterocycles. The first-order chi connectivity index (χ1) is 10.1. The van der Waals surface area contributed by atoms with Crippen LogP contribution in [0.5, 0.6) is 5.75 Å². The average Bonchev–Trinajstić information content (AvgIpc) is 3.04. The lowest BCUT2D eigenvalue weighted by atomic mass is 10.0. The summed E-state index contributed by atoms with van der Waals surface area (Å²) in [5, 5.41) is 15.6. The predicted octanol–water partition coefficient (Wildman–Crippen LogP) is 2.85. The minimum atomic E-state index is -0.616. The molecule has 1 aliphatic rings. The van der Waals surface area contributed by atoms with E-state index in [4.69, 9.17) is 16.3 Å². The Morgan fingerprint density at radius 1 is 1.43 bits per heavy atom. The number of nitrogens with zero attached hydrogens (tertiary/aromatic N) is 2.